The Labute approximate surface area is 178 Å². The van der Waals surface area contributed by atoms with Gasteiger partial charge in [0.1, 0.15) is 5.82 Å². The van der Waals surface area contributed by atoms with Crippen molar-refractivity contribution < 1.29 is 26.3 Å². The van der Waals surface area contributed by atoms with Crippen LogP contribution in [0.2, 0.25) is 0 Å². The third-order valence-electron chi connectivity index (χ3n) is 4.56. The first-order valence-corrected chi connectivity index (χ1v) is 9.96. The van der Waals surface area contributed by atoms with E-state index in [1.807, 2.05) is 0 Å². The van der Waals surface area contributed by atoms with Crippen molar-refractivity contribution in [3.63, 3.8) is 0 Å². The fourth-order valence-electron chi connectivity index (χ4n) is 3.00. The van der Waals surface area contributed by atoms with Crippen LogP contribution >= 0.6 is 11.3 Å². The standard InChI is InChI=1S/C21H17F6N3S/c1-4-13-10-14(20(22,23)24)7-8-15(13)12(3)28-18-11(2)17(21(25,26)27)29-19(30-18)16-6-5-9-31-16/h5-10H,3-4H2,1-2H3,(H,28,29,30). The largest absolute Gasteiger partial charge is 0.433 e. The van der Waals surface area contributed by atoms with Crippen molar-refractivity contribution in [2.45, 2.75) is 32.6 Å². The Morgan fingerprint density at radius 2 is 1.77 bits per heavy atom. The maximum atomic E-state index is 13.5. The van der Waals surface area contributed by atoms with Crippen molar-refractivity contribution in [3.05, 3.63) is 70.2 Å². The fourth-order valence-corrected chi connectivity index (χ4v) is 3.66. The summed E-state index contributed by atoms with van der Waals surface area (Å²) in [5.41, 5.74) is -1.28. The number of aryl methyl sites for hydroxylation is 1. The van der Waals surface area contributed by atoms with Crippen LogP contribution in [0.15, 0.2) is 42.3 Å². The predicted octanol–water partition coefficient (Wildman–Crippen LogP) is 7.20. The van der Waals surface area contributed by atoms with E-state index in [0.717, 1.165) is 12.1 Å². The van der Waals surface area contributed by atoms with E-state index in [1.54, 1.807) is 24.4 Å². The van der Waals surface area contributed by atoms with Crippen LogP contribution in [0.1, 0.15) is 34.9 Å². The van der Waals surface area contributed by atoms with E-state index in [9.17, 15) is 26.3 Å². The molecule has 0 aliphatic rings. The van der Waals surface area contributed by atoms with Gasteiger partial charge in [0.2, 0.25) is 0 Å². The molecule has 0 fully saturated rings. The zero-order valence-electron chi connectivity index (χ0n) is 16.4. The van der Waals surface area contributed by atoms with Gasteiger partial charge in [0.05, 0.1) is 10.4 Å². The summed E-state index contributed by atoms with van der Waals surface area (Å²) >= 11 is 1.19. The minimum Gasteiger partial charge on any atom is -0.340 e. The molecule has 1 aromatic carbocycles. The van der Waals surface area contributed by atoms with E-state index >= 15 is 0 Å². The molecule has 0 spiro atoms. The minimum absolute atomic E-state index is 0.105. The first-order valence-electron chi connectivity index (χ1n) is 9.08. The first-order chi connectivity index (χ1) is 14.4. The molecule has 164 valence electrons. The average molecular weight is 457 g/mol. The minimum atomic E-state index is -4.71. The molecule has 3 rings (SSSR count). The van der Waals surface area contributed by atoms with E-state index in [4.69, 9.17) is 0 Å². The Kier molecular flexibility index (Phi) is 6.13. The molecule has 2 heterocycles. The summed E-state index contributed by atoms with van der Waals surface area (Å²) in [7, 11) is 0. The molecule has 0 radical (unpaired) electrons. The van der Waals surface area contributed by atoms with Gasteiger partial charge >= 0.3 is 12.4 Å². The molecule has 0 unspecified atom stereocenters. The highest BCUT2D eigenvalue weighted by molar-refractivity contribution is 7.13. The van der Waals surface area contributed by atoms with Gasteiger partial charge in [-0.15, -0.1) is 11.3 Å². The van der Waals surface area contributed by atoms with E-state index in [0.29, 0.717) is 16.0 Å². The van der Waals surface area contributed by atoms with E-state index < -0.39 is 23.6 Å². The lowest BCUT2D eigenvalue weighted by atomic mass is 9.99. The van der Waals surface area contributed by atoms with Gasteiger partial charge in [0.15, 0.2) is 11.5 Å². The highest BCUT2D eigenvalue weighted by Crippen LogP contribution is 2.37. The number of aromatic nitrogens is 2. The molecular weight excluding hydrogens is 440 g/mol. The molecule has 31 heavy (non-hydrogen) atoms. The highest BCUT2D eigenvalue weighted by Gasteiger charge is 2.37. The van der Waals surface area contributed by atoms with Gasteiger partial charge in [-0.25, -0.2) is 9.97 Å². The molecule has 10 heteroatoms. The van der Waals surface area contributed by atoms with Crippen molar-refractivity contribution >= 4 is 22.9 Å². The molecule has 3 aromatic rings. The lowest BCUT2D eigenvalue weighted by Crippen LogP contribution is -2.15. The smallest absolute Gasteiger partial charge is 0.340 e. The number of rotatable bonds is 5. The lowest BCUT2D eigenvalue weighted by molar-refractivity contribution is -0.141. The van der Waals surface area contributed by atoms with Crippen LogP contribution in [0.4, 0.5) is 32.2 Å². The second-order valence-electron chi connectivity index (χ2n) is 6.67. The Morgan fingerprint density at radius 1 is 1.06 bits per heavy atom. The van der Waals surface area contributed by atoms with E-state index in [1.165, 1.54) is 24.3 Å². The molecule has 0 aliphatic heterocycles. The molecule has 3 nitrogen and oxygen atoms in total. The van der Waals surface area contributed by atoms with E-state index in [2.05, 4.69) is 21.9 Å². The number of halogens is 6. The summed E-state index contributed by atoms with van der Waals surface area (Å²) < 4.78 is 79.7. The third kappa shape index (κ3) is 4.90. The number of anilines is 1. The molecular formula is C21H17F6N3S. The van der Waals surface area contributed by atoms with Crippen molar-refractivity contribution in [1.82, 2.24) is 9.97 Å². The van der Waals surface area contributed by atoms with Crippen molar-refractivity contribution in [2.24, 2.45) is 0 Å². The highest BCUT2D eigenvalue weighted by atomic mass is 32.1. The lowest BCUT2D eigenvalue weighted by Gasteiger charge is -2.18. The van der Waals surface area contributed by atoms with Gasteiger partial charge in [-0.05, 0) is 42.5 Å². The average Bonchev–Trinajstić information content (AvgIpc) is 3.22. The summed E-state index contributed by atoms with van der Waals surface area (Å²) in [6.45, 7) is 6.72. The fraction of sp³-hybridized carbons (Fsp3) is 0.238. The second kappa shape index (κ2) is 8.33. The monoisotopic (exact) mass is 457 g/mol. The van der Waals surface area contributed by atoms with Crippen LogP contribution in [0.5, 0.6) is 0 Å². The van der Waals surface area contributed by atoms with Crippen LogP contribution in [0.25, 0.3) is 16.4 Å². The summed E-state index contributed by atoms with van der Waals surface area (Å²) in [6.07, 6.45) is -8.94. The molecule has 0 saturated carbocycles. The normalized spacial score (nSPS) is 12.1. The van der Waals surface area contributed by atoms with Gasteiger partial charge in [0, 0.05) is 16.8 Å². The number of nitrogens with zero attached hydrogens (tertiary/aromatic N) is 2. The summed E-state index contributed by atoms with van der Waals surface area (Å²) in [6, 6.07) is 6.43. The molecule has 0 amide bonds. The Hall–Kier alpha value is -2.88. The zero-order chi connectivity index (χ0) is 23.0. The number of nitrogens with one attached hydrogen (secondary N) is 1. The van der Waals surface area contributed by atoms with Gasteiger partial charge < -0.3 is 5.32 Å². The molecule has 0 bridgehead atoms. The second-order valence-corrected chi connectivity index (χ2v) is 7.62. The van der Waals surface area contributed by atoms with Crippen LogP contribution in [-0.2, 0) is 18.8 Å². The number of alkyl halides is 6. The van der Waals surface area contributed by atoms with Crippen LogP contribution in [0.3, 0.4) is 0 Å². The Balaban J connectivity index is 2.04. The molecule has 2 aromatic heterocycles. The van der Waals surface area contributed by atoms with Crippen LogP contribution in [-0.4, -0.2) is 9.97 Å². The molecule has 0 saturated heterocycles. The quantitative estimate of drug-likeness (QED) is 0.412. The maximum Gasteiger partial charge on any atom is 0.433 e. The van der Waals surface area contributed by atoms with Gasteiger partial charge in [-0.2, -0.15) is 26.3 Å². The van der Waals surface area contributed by atoms with Crippen molar-refractivity contribution in [1.29, 1.82) is 0 Å². The van der Waals surface area contributed by atoms with Gasteiger partial charge in [-0.1, -0.05) is 25.6 Å². The SMILES string of the molecule is C=C(Nc1nc(-c2cccs2)nc(C(F)(F)F)c1C)c1ccc(C(F)(F)F)cc1CC. The van der Waals surface area contributed by atoms with Crippen LogP contribution < -0.4 is 5.32 Å². The summed E-state index contributed by atoms with van der Waals surface area (Å²) in [4.78, 5) is 8.34. The van der Waals surface area contributed by atoms with Gasteiger partial charge in [-0.3, -0.25) is 0 Å². The van der Waals surface area contributed by atoms with Crippen LogP contribution in [0, 0.1) is 6.92 Å². The summed E-state index contributed by atoms with van der Waals surface area (Å²) in [5, 5.41) is 4.44. The molecule has 0 atom stereocenters. The Morgan fingerprint density at radius 3 is 2.32 bits per heavy atom. The number of hydrogen-bond donors (Lipinski definition) is 1. The number of thiophene rings is 1. The van der Waals surface area contributed by atoms with Gasteiger partial charge in [0.25, 0.3) is 0 Å². The van der Waals surface area contributed by atoms with E-state index in [-0.39, 0.29) is 29.3 Å². The zero-order valence-corrected chi connectivity index (χ0v) is 17.3. The third-order valence-corrected chi connectivity index (χ3v) is 5.43. The molecule has 1 N–H and O–H groups in total. The molecule has 0 aliphatic carbocycles. The number of hydrogen-bond acceptors (Lipinski definition) is 4. The number of benzene rings is 1. The maximum absolute atomic E-state index is 13.5. The predicted molar refractivity (Wildman–Crippen MR) is 109 cm³/mol. The van der Waals surface area contributed by atoms with Crippen molar-refractivity contribution in [3.8, 4) is 10.7 Å². The summed E-state index contributed by atoms with van der Waals surface area (Å²) in [5.74, 6) is -0.218. The first kappa shape index (κ1) is 22.8. The van der Waals surface area contributed by atoms with Crippen molar-refractivity contribution in [2.75, 3.05) is 5.32 Å². The Bertz CT molecular complexity index is 1100. The topological polar surface area (TPSA) is 37.8 Å².